The summed E-state index contributed by atoms with van der Waals surface area (Å²) in [5.74, 6) is 0. The molecule has 2 unspecified atom stereocenters. The molecule has 2 fully saturated rings. The predicted octanol–water partition coefficient (Wildman–Crippen LogP) is 3.36. The van der Waals surface area contributed by atoms with Crippen LogP contribution < -0.4 is 5.32 Å². The van der Waals surface area contributed by atoms with Gasteiger partial charge in [0.15, 0.2) is 0 Å². The Hall–Kier alpha value is -0.450. The summed E-state index contributed by atoms with van der Waals surface area (Å²) in [6.45, 7) is 3.94. The second-order valence-corrected chi connectivity index (χ2v) is 6.85. The predicted molar refractivity (Wildman–Crippen MR) is 78.3 cm³/mol. The fourth-order valence-electron chi connectivity index (χ4n) is 3.90. The lowest BCUT2D eigenvalue weighted by atomic mass is 9.55. The summed E-state index contributed by atoms with van der Waals surface area (Å²) in [4.78, 5) is 5.48. The van der Waals surface area contributed by atoms with E-state index in [1.54, 1.807) is 11.3 Å². The van der Waals surface area contributed by atoms with Crippen LogP contribution in [-0.2, 0) is 11.3 Å². The summed E-state index contributed by atoms with van der Waals surface area (Å²) in [7, 11) is 0. The Morgan fingerprint density at radius 2 is 2.26 bits per heavy atom. The fraction of sp³-hybridized carbons (Fsp3) is 0.800. The topological polar surface area (TPSA) is 34.1 Å². The Morgan fingerprint density at radius 3 is 2.95 bits per heavy atom. The van der Waals surface area contributed by atoms with Gasteiger partial charge in [-0.3, -0.25) is 4.98 Å². The highest BCUT2D eigenvalue weighted by molar-refractivity contribution is 7.09. The van der Waals surface area contributed by atoms with Gasteiger partial charge in [0.05, 0.1) is 11.6 Å². The Labute approximate surface area is 119 Å². The van der Waals surface area contributed by atoms with Gasteiger partial charge in [-0.2, -0.15) is 0 Å². The van der Waals surface area contributed by atoms with Crippen LogP contribution in [0.3, 0.4) is 0 Å². The summed E-state index contributed by atoms with van der Waals surface area (Å²) in [6.07, 6.45) is 10.5. The number of hydrogen-bond acceptors (Lipinski definition) is 4. The van der Waals surface area contributed by atoms with Crippen molar-refractivity contribution in [1.29, 1.82) is 0 Å². The van der Waals surface area contributed by atoms with Gasteiger partial charge in [0.1, 0.15) is 0 Å². The van der Waals surface area contributed by atoms with E-state index < -0.39 is 0 Å². The molecule has 0 saturated heterocycles. The molecule has 2 atom stereocenters. The second-order valence-electron chi connectivity index (χ2n) is 5.87. The van der Waals surface area contributed by atoms with E-state index in [0.29, 0.717) is 17.6 Å². The first kappa shape index (κ1) is 13.5. The molecule has 3 rings (SSSR count). The molecule has 0 radical (unpaired) electrons. The van der Waals surface area contributed by atoms with Crippen LogP contribution in [0.2, 0.25) is 0 Å². The van der Waals surface area contributed by atoms with Crippen molar-refractivity contribution < 1.29 is 4.74 Å². The Morgan fingerprint density at radius 1 is 1.42 bits per heavy atom. The molecule has 0 amide bonds. The van der Waals surface area contributed by atoms with E-state index in [2.05, 4.69) is 17.2 Å². The van der Waals surface area contributed by atoms with E-state index >= 15 is 0 Å². The minimum absolute atomic E-state index is 0.430. The van der Waals surface area contributed by atoms with Gasteiger partial charge >= 0.3 is 0 Å². The Bertz CT molecular complexity index is 387. The van der Waals surface area contributed by atoms with Crippen molar-refractivity contribution in [1.82, 2.24) is 10.3 Å². The molecule has 0 aliphatic heterocycles. The van der Waals surface area contributed by atoms with Crippen LogP contribution in [0.25, 0.3) is 0 Å². The van der Waals surface area contributed by atoms with Gasteiger partial charge < -0.3 is 10.1 Å². The van der Waals surface area contributed by atoms with Crippen molar-refractivity contribution >= 4 is 11.3 Å². The van der Waals surface area contributed by atoms with Crippen LogP contribution in [0.1, 0.15) is 50.3 Å². The lowest BCUT2D eigenvalue weighted by Crippen LogP contribution is -2.64. The van der Waals surface area contributed by atoms with Crippen LogP contribution in [0.15, 0.2) is 11.7 Å². The minimum Gasteiger partial charge on any atom is -0.378 e. The van der Waals surface area contributed by atoms with Crippen LogP contribution >= 0.6 is 11.3 Å². The molecule has 1 spiro atoms. The summed E-state index contributed by atoms with van der Waals surface area (Å²) in [6, 6.07) is 0.645. The number of rotatable bonds is 5. The van der Waals surface area contributed by atoms with Crippen molar-refractivity contribution in [2.24, 2.45) is 5.41 Å². The smallest absolute Gasteiger partial charge is 0.0794 e. The van der Waals surface area contributed by atoms with Gasteiger partial charge in [-0.1, -0.05) is 19.3 Å². The first-order chi connectivity index (χ1) is 9.35. The molecule has 2 saturated carbocycles. The van der Waals surface area contributed by atoms with Gasteiger partial charge in [-0.25, -0.2) is 0 Å². The molecule has 1 N–H and O–H groups in total. The zero-order valence-corrected chi connectivity index (χ0v) is 12.5. The third kappa shape index (κ3) is 2.58. The Balaban J connectivity index is 1.61. The SMILES string of the molecule is CCOC1CC(NCc2cncs2)C12CCCCC2. The minimum atomic E-state index is 0.430. The van der Waals surface area contributed by atoms with Gasteiger partial charge in [0.2, 0.25) is 0 Å². The van der Waals surface area contributed by atoms with Crippen molar-refractivity contribution in [2.75, 3.05) is 6.61 Å². The summed E-state index contributed by atoms with van der Waals surface area (Å²) in [5.41, 5.74) is 2.34. The van der Waals surface area contributed by atoms with Crippen molar-refractivity contribution in [3.05, 3.63) is 16.6 Å². The monoisotopic (exact) mass is 280 g/mol. The van der Waals surface area contributed by atoms with Gasteiger partial charge in [0.25, 0.3) is 0 Å². The number of nitrogens with zero attached hydrogens (tertiary/aromatic N) is 1. The molecule has 1 aromatic rings. The maximum absolute atomic E-state index is 5.99. The fourth-order valence-corrected chi connectivity index (χ4v) is 4.45. The van der Waals surface area contributed by atoms with E-state index in [-0.39, 0.29) is 0 Å². The highest BCUT2D eigenvalue weighted by Gasteiger charge is 2.55. The zero-order chi connectivity index (χ0) is 13.1. The number of thiazole rings is 1. The van der Waals surface area contributed by atoms with Crippen molar-refractivity contribution in [2.45, 2.75) is 64.1 Å². The molecule has 1 aromatic heterocycles. The number of ether oxygens (including phenoxy) is 1. The van der Waals surface area contributed by atoms with Crippen LogP contribution in [0.4, 0.5) is 0 Å². The van der Waals surface area contributed by atoms with E-state index in [0.717, 1.165) is 13.2 Å². The highest BCUT2D eigenvalue weighted by Crippen LogP contribution is 2.53. The maximum Gasteiger partial charge on any atom is 0.0794 e. The average Bonchev–Trinajstić information content (AvgIpc) is 2.96. The van der Waals surface area contributed by atoms with Crippen molar-refractivity contribution in [3.8, 4) is 0 Å². The van der Waals surface area contributed by atoms with Crippen LogP contribution in [-0.4, -0.2) is 23.7 Å². The molecule has 4 heteroatoms. The summed E-state index contributed by atoms with van der Waals surface area (Å²) in [5, 5.41) is 3.76. The molecule has 1 heterocycles. The van der Waals surface area contributed by atoms with Crippen molar-refractivity contribution in [3.63, 3.8) is 0 Å². The van der Waals surface area contributed by atoms with Gasteiger partial charge in [0, 0.05) is 35.7 Å². The molecule has 0 bridgehead atoms. The Kier molecular flexibility index (Phi) is 4.20. The quantitative estimate of drug-likeness (QED) is 0.898. The molecule has 3 nitrogen and oxygen atoms in total. The first-order valence-corrected chi connectivity index (χ1v) is 8.45. The highest BCUT2D eigenvalue weighted by atomic mass is 32.1. The van der Waals surface area contributed by atoms with E-state index in [1.165, 1.54) is 43.4 Å². The molecule has 2 aliphatic rings. The molecule has 2 aliphatic carbocycles. The second kappa shape index (κ2) is 5.90. The van der Waals surface area contributed by atoms with Crippen LogP contribution in [0.5, 0.6) is 0 Å². The van der Waals surface area contributed by atoms with Crippen LogP contribution in [0, 0.1) is 5.41 Å². The summed E-state index contributed by atoms with van der Waals surface area (Å²) >= 11 is 1.74. The number of aromatic nitrogens is 1. The number of nitrogens with one attached hydrogen (secondary N) is 1. The van der Waals surface area contributed by atoms with Gasteiger partial charge in [-0.05, 0) is 26.2 Å². The maximum atomic E-state index is 5.99. The normalized spacial score (nSPS) is 29.3. The number of hydrogen-bond donors (Lipinski definition) is 1. The lowest BCUT2D eigenvalue weighted by molar-refractivity contribution is -0.150. The average molecular weight is 280 g/mol. The van der Waals surface area contributed by atoms with Gasteiger partial charge in [-0.15, -0.1) is 11.3 Å². The third-order valence-electron chi connectivity index (χ3n) is 4.94. The van der Waals surface area contributed by atoms with E-state index in [1.807, 2.05) is 11.7 Å². The molecule has 0 aromatic carbocycles. The third-order valence-corrected chi connectivity index (χ3v) is 5.72. The summed E-state index contributed by atoms with van der Waals surface area (Å²) < 4.78 is 5.99. The molecular formula is C15H24N2OS. The largest absolute Gasteiger partial charge is 0.378 e. The van der Waals surface area contributed by atoms with E-state index in [4.69, 9.17) is 4.74 Å². The lowest BCUT2D eigenvalue weighted by Gasteiger charge is -2.58. The molecule has 19 heavy (non-hydrogen) atoms. The molecular weight excluding hydrogens is 256 g/mol. The first-order valence-electron chi connectivity index (χ1n) is 7.57. The zero-order valence-electron chi connectivity index (χ0n) is 11.7. The van der Waals surface area contributed by atoms with E-state index in [9.17, 15) is 0 Å². The molecule has 106 valence electrons. The standard InChI is InChI=1S/C15H24N2OS/c1-2-18-14-8-13(15(14)6-4-3-5-7-15)17-10-12-9-16-11-19-12/h9,11,13-14,17H,2-8,10H2,1H3.